The zero-order chi connectivity index (χ0) is 15.9. The smallest absolute Gasteiger partial charge is 0.259 e. The van der Waals surface area contributed by atoms with E-state index in [4.69, 9.17) is 11.6 Å². The third-order valence-electron chi connectivity index (χ3n) is 3.57. The van der Waals surface area contributed by atoms with Gasteiger partial charge in [0.2, 0.25) is 0 Å². The number of fused-ring (bicyclic) bond motifs is 1. The molecule has 0 unspecified atom stereocenters. The number of nitrogens with one attached hydrogen (secondary N) is 1. The number of hydrogen-bond acceptors (Lipinski definition) is 4. The second-order valence-electron chi connectivity index (χ2n) is 5.13. The number of benzene rings is 1. The number of H-pyrrole nitrogens is 1. The van der Waals surface area contributed by atoms with Gasteiger partial charge in [0.25, 0.3) is 5.56 Å². The second-order valence-corrected chi connectivity index (χ2v) is 8.18. The van der Waals surface area contributed by atoms with Crippen LogP contribution in [-0.2, 0) is 0 Å². The first-order chi connectivity index (χ1) is 10.5. The molecule has 1 N–H and O–H groups in total. The van der Waals surface area contributed by atoms with E-state index in [9.17, 15) is 4.79 Å². The molecule has 2 aromatic heterocycles. The summed E-state index contributed by atoms with van der Waals surface area (Å²) in [6.45, 7) is 6.03. The lowest BCUT2D eigenvalue weighted by atomic mass is 10.2. The summed E-state index contributed by atoms with van der Waals surface area (Å²) in [6, 6.07) is 7.67. The van der Waals surface area contributed by atoms with E-state index in [-0.39, 0.29) is 10.8 Å². The standard InChI is InChI=1S/C16H15ClN2OS2/c1-8-9(2)22-16-13(8)15(20)18-14(19-16)10(3)21-12-6-4-11(17)5-7-12/h4-7,10H,1-3H3,(H,18,19,20)/t10-/m1/s1. The fourth-order valence-corrected chi connectivity index (χ4v) is 4.32. The first-order valence-corrected chi connectivity index (χ1v) is 8.95. The van der Waals surface area contributed by atoms with Crippen molar-refractivity contribution < 1.29 is 0 Å². The van der Waals surface area contributed by atoms with Crippen LogP contribution in [0.15, 0.2) is 34.0 Å². The van der Waals surface area contributed by atoms with E-state index in [1.807, 2.05) is 45.0 Å². The lowest BCUT2D eigenvalue weighted by Gasteiger charge is -2.10. The summed E-state index contributed by atoms with van der Waals surface area (Å²) in [6.07, 6.45) is 0. The Bertz CT molecular complexity index is 884. The molecule has 0 saturated carbocycles. The number of halogens is 1. The Hall–Kier alpha value is -1.30. The van der Waals surface area contributed by atoms with Crippen LogP contribution in [0.1, 0.15) is 28.4 Å². The minimum atomic E-state index is -0.0505. The fourth-order valence-electron chi connectivity index (χ4n) is 2.24. The van der Waals surface area contributed by atoms with E-state index >= 15 is 0 Å². The number of aryl methyl sites for hydroxylation is 2. The molecule has 0 fully saturated rings. The minimum absolute atomic E-state index is 0.0505. The maximum Gasteiger partial charge on any atom is 0.259 e. The normalized spacial score (nSPS) is 12.7. The van der Waals surface area contributed by atoms with Gasteiger partial charge in [-0.15, -0.1) is 23.1 Å². The largest absolute Gasteiger partial charge is 0.309 e. The summed E-state index contributed by atoms with van der Waals surface area (Å²) in [7, 11) is 0. The average Bonchev–Trinajstić information content (AvgIpc) is 2.77. The average molecular weight is 351 g/mol. The molecule has 0 aliphatic carbocycles. The van der Waals surface area contributed by atoms with Crippen LogP contribution in [0.4, 0.5) is 0 Å². The number of aromatic amines is 1. The first kappa shape index (κ1) is 15.6. The zero-order valence-electron chi connectivity index (χ0n) is 12.4. The van der Waals surface area contributed by atoms with Crippen molar-refractivity contribution in [1.29, 1.82) is 0 Å². The highest BCUT2D eigenvalue weighted by Crippen LogP contribution is 2.34. The predicted molar refractivity (Wildman–Crippen MR) is 95.4 cm³/mol. The van der Waals surface area contributed by atoms with E-state index < -0.39 is 0 Å². The Balaban J connectivity index is 1.95. The maximum atomic E-state index is 12.3. The van der Waals surface area contributed by atoms with Gasteiger partial charge in [0.1, 0.15) is 10.7 Å². The topological polar surface area (TPSA) is 45.8 Å². The van der Waals surface area contributed by atoms with Gasteiger partial charge in [0.05, 0.1) is 10.6 Å². The summed E-state index contributed by atoms with van der Waals surface area (Å²) in [4.78, 5) is 23.0. The van der Waals surface area contributed by atoms with Gasteiger partial charge in [0, 0.05) is 14.8 Å². The molecule has 0 aliphatic heterocycles. The zero-order valence-corrected chi connectivity index (χ0v) is 14.8. The Morgan fingerprint density at radius 1 is 1.27 bits per heavy atom. The Morgan fingerprint density at radius 2 is 1.95 bits per heavy atom. The molecule has 0 spiro atoms. The second kappa shape index (κ2) is 6.07. The number of thiophene rings is 1. The monoisotopic (exact) mass is 350 g/mol. The molecule has 0 radical (unpaired) electrons. The van der Waals surface area contributed by atoms with Crippen LogP contribution in [-0.4, -0.2) is 9.97 Å². The van der Waals surface area contributed by atoms with E-state index in [1.165, 1.54) is 0 Å². The van der Waals surface area contributed by atoms with Crippen molar-refractivity contribution in [2.24, 2.45) is 0 Å². The molecule has 22 heavy (non-hydrogen) atoms. The van der Waals surface area contributed by atoms with Gasteiger partial charge in [-0.25, -0.2) is 4.98 Å². The van der Waals surface area contributed by atoms with Crippen LogP contribution in [0.3, 0.4) is 0 Å². The van der Waals surface area contributed by atoms with E-state index in [2.05, 4.69) is 9.97 Å². The van der Waals surface area contributed by atoms with Crippen LogP contribution in [0.5, 0.6) is 0 Å². The Morgan fingerprint density at radius 3 is 2.64 bits per heavy atom. The molecule has 1 aromatic carbocycles. The molecule has 0 aliphatic rings. The fraction of sp³-hybridized carbons (Fsp3) is 0.250. The molecule has 2 heterocycles. The van der Waals surface area contributed by atoms with Crippen LogP contribution in [0.25, 0.3) is 10.2 Å². The summed E-state index contributed by atoms with van der Waals surface area (Å²) >= 11 is 9.12. The highest BCUT2D eigenvalue weighted by Gasteiger charge is 2.16. The Kier molecular flexibility index (Phi) is 4.30. The van der Waals surface area contributed by atoms with E-state index in [0.717, 1.165) is 30.6 Å². The molecule has 3 aromatic rings. The van der Waals surface area contributed by atoms with Gasteiger partial charge >= 0.3 is 0 Å². The lowest BCUT2D eigenvalue weighted by Crippen LogP contribution is -2.12. The summed E-state index contributed by atoms with van der Waals surface area (Å²) in [5.41, 5.74) is 0.976. The highest BCUT2D eigenvalue weighted by molar-refractivity contribution is 7.99. The van der Waals surface area contributed by atoms with Crippen LogP contribution in [0, 0.1) is 13.8 Å². The number of hydrogen-bond donors (Lipinski definition) is 1. The maximum absolute atomic E-state index is 12.3. The van der Waals surface area contributed by atoms with Crippen molar-refractivity contribution in [3.63, 3.8) is 0 Å². The van der Waals surface area contributed by atoms with Gasteiger partial charge in [-0.3, -0.25) is 4.79 Å². The lowest BCUT2D eigenvalue weighted by molar-refractivity contribution is 0.925. The SMILES string of the molecule is Cc1sc2nc([C@@H](C)Sc3ccc(Cl)cc3)[nH]c(=O)c2c1C. The molecule has 1 atom stereocenters. The molecule has 3 rings (SSSR count). The quantitative estimate of drug-likeness (QED) is 0.668. The van der Waals surface area contributed by atoms with E-state index in [1.54, 1.807) is 23.1 Å². The number of aromatic nitrogens is 2. The van der Waals surface area contributed by atoms with Gasteiger partial charge in [-0.1, -0.05) is 11.6 Å². The van der Waals surface area contributed by atoms with Crippen molar-refractivity contribution in [3.8, 4) is 0 Å². The molecule has 114 valence electrons. The van der Waals surface area contributed by atoms with Crippen LogP contribution in [0.2, 0.25) is 5.02 Å². The first-order valence-electron chi connectivity index (χ1n) is 6.88. The van der Waals surface area contributed by atoms with Crippen molar-refractivity contribution in [2.45, 2.75) is 30.9 Å². The van der Waals surface area contributed by atoms with Crippen molar-refractivity contribution in [1.82, 2.24) is 9.97 Å². The van der Waals surface area contributed by atoms with Crippen molar-refractivity contribution >= 4 is 44.9 Å². The molecule has 3 nitrogen and oxygen atoms in total. The van der Waals surface area contributed by atoms with Crippen molar-refractivity contribution in [2.75, 3.05) is 0 Å². The summed E-state index contributed by atoms with van der Waals surface area (Å²) in [5.74, 6) is 0.707. The minimum Gasteiger partial charge on any atom is -0.309 e. The van der Waals surface area contributed by atoms with Gasteiger partial charge in [-0.05, 0) is 50.6 Å². The number of rotatable bonds is 3. The van der Waals surface area contributed by atoms with Gasteiger partial charge in [0.15, 0.2) is 0 Å². The summed E-state index contributed by atoms with van der Waals surface area (Å²) in [5, 5.41) is 1.49. The molecule has 0 saturated heterocycles. The third-order valence-corrected chi connectivity index (χ3v) is 6.04. The summed E-state index contributed by atoms with van der Waals surface area (Å²) < 4.78 is 0. The van der Waals surface area contributed by atoms with Gasteiger partial charge in [-0.2, -0.15) is 0 Å². The van der Waals surface area contributed by atoms with E-state index in [0.29, 0.717) is 5.82 Å². The Labute approximate surface area is 141 Å². The van der Waals surface area contributed by atoms with Crippen LogP contribution < -0.4 is 5.56 Å². The highest BCUT2D eigenvalue weighted by atomic mass is 35.5. The third kappa shape index (κ3) is 2.93. The molecule has 6 heteroatoms. The molecular formula is C16H15ClN2OS2. The van der Waals surface area contributed by atoms with Crippen LogP contribution >= 0.6 is 34.7 Å². The number of nitrogens with zero attached hydrogens (tertiary/aromatic N) is 1. The molecular weight excluding hydrogens is 336 g/mol. The number of thioether (sulfide) groups is 1. The molecule has 0 amide bonds. The van der Waals surface area contributed by atoms with Crippen molar-refractivity contribution in [3.05, 3.63) is 55.9 Å². The van der Waals surface area contributed by atoms with Gasteiger partial charge < -0.3 is 4.98 Å². The molecule has 0 bridgehead atoms. The predicted octanol–water partition coefficient (Wildman–Crippen LogP) is 5.11.